The van der Waals surface area contributed by atoms with Crippen molar-refractivity contribution >= 4 is 0 Å². The molecule has 106 valence electrons. The van der Waals surface area contributed by atoms with Crippen LogP contribution in [0.2, 0.25) is 0 Å². The highest BCUT2D eigenvalue weighted by molar-refractivity contribution is 5.14. The molecule has 2 heteroatoms. The van der Waals surface area contributed by atoms with Crippen molar-refractivity contribution in [1.82, 2.24) is 10.2 Å². The molecular weight excluding hydrogens is 232 g/mol. The number of hydrogen-bond acceptors (Lipinski definition) is 2. The molecule has 1 aromatic rings. The van der Waals surface area contributed by atoms with Crippen molar-refractivity contribution < 1.29 is 0 Å². The fraction of sp³-hybridized carbons (Fsp3) is 0.647. The molecule has 1 saturated heterocycles. The molecule has 0 radical (unpaired) electrons. The van der Waals surface area contributed by atoms with Crippen LogP contribution in [0, 0.1) is 0 Å². The van der Waals surface area contributed by atoms with Crippen LogP contribution in [-0.2, 0) is 6.54 Å². The Balaban J connectivity index is 1.62. The lowest BCUT2D eigenvalue weighted by Crippen LogP contribution is -2.42. The zero-order valence-electron chi connectivity index (χ0n) is 12.3. The average molecular weight is 260 g/mol. The summed E-state index contributed by atoms with van der Waals surface area (Å²) in [7, 11) is 0. The summed E-state index contributed by atoms with van der Waals surface area (Å²) in [6, 6.07) is 11.6. The van der Waals surface area contributed by atoms with Crippen LogP contribution in [0.4, 0.5) is 0 Å². The van der Waals surface area contributed by atoms with Gasteiger partial charge in [-0.2, -0.15) is 0 Å². The van der Waals surface area contributed by atoms with Gasteiger partial charge in [-0.25, -0.2) is 0 Å². The van der Waals surface area contributed by atoms with E-state index in [1.807, 2.05) is 0 Å². The maximum Gasteiger partial charge on any atom is 0.0233 e. The molecule has 0 unspecified atom stereocenters. The van der Waals surface area contributed by atoms with Gasteiger partial charge in [-0.15, -0.1) is 0 Å². The maximum absolute atomic E-state index is 3.71. The summed E-state index contributed by atoms with van der Waals surface area (Å²) >= 11 is 0. The van der Waals surface area contributed by atoms with E-state index in [4.69, 9.17) is 0 Å². The molecule has 1 heterocycles. The summed E-state index contributed by atoms with van der Waals surface area (Å²) in [5.41, 5.74) is 1.44. The molecule has 0 aliphatic carbocycles. The minimum Gasteiger partial charge on any atom is -0.314 e. The smallest absolute Gasteiger partial charge is 0.0233 e. The highest BCUT2D eigenvalue weighted by Crippen LogP contribution is 2.13. The predicted molar refractivity (Wildman–Crippen MR) is 82.3 cm³/mol. The number of benzene rings is 1. The van der Waals surface area contributed by atoms with Crippen molar-refractivity contribution in [2.24, 2.45) is 0 Å². The van der Waals surface area contributed by atoms with Gasteiger partial charge in [-0.05, 0) is 44.5 Å². The fourth-order valence-corrected chi connectivity index (χ4v) is 2.82. The van der Waals surface area contributed by atoms with Crippen LogP contribution in [0.15, 0.2) is 30.3 Å². The Hall–Kier alpha value is -0.860. The Morgan fingerprint density at radius 2 is 1.84 bits per heavy atom. The van der Waals surface area contributed by atoms with Crippen molar-refractivity contribution in [1.29, 1.82) is 0 Å². The summed E-state index contributed by atoms with van der Waals surface area (Å²) in [6.07, 6.45) is 6.62. The second-order valence-electron chi connectivity index (χ2n) is 5.70. The lowest BCUT2D eigenvalue weighted by molar-refractivity contribution is 0.190. The number of likely N-dealkylation sites (tertiary alicyclic amines) is 1. The number of rotatable bonds is 7. The molecule has 0 aromatic heterocycles. The molecule has 0 saturated carbocycles. The first kappa shape index (κ1) is 14.5. The predicted octanol–water partition coefficient (Wildman–Crippen LogP) is 3.43. The zero-order valence-corrected chi connectivity index (χ0v) is 12.3. The molecular formula is C17H28N2. The fourth-order valence-electron chi connectivity index (χ4n) is 2.82. The second-order valence-corrected chi connectivity index (χ2v) is 5.70. The van der Waals surface area contributed by atoms with Gasteiger partial charge >= 0.3 is 0 Å². The van der Waals surface area contributed by atoms with Crippen LogP contribution in [0.3, 0.4) is 0 Å². The molecule has 1 aromatic carbocycles. The summed E-state index contributed by atoms with van der Waals surface area (Å²) in [5, 5.41) is 3.71. The topological polar surface area (TPSA) is 15.3 Å². The molecule has 0 atom stereocenters. The quantitative estimate of drug-likeness (QED) is 0.756. The van der Waals surface area contributed by atoms with E-state index >= 15 is 0 Å². The van der Waals surface area contributed by atoms with Crippen molar-refractivity contribution in [3.63, 3.8) is 0 Å². The van der Waals surface area contributed by atoms with E-state index in [0.717, 1.165) is 12.6 Å². The van der Waals surface area contributed by atoms with Gasteiger partial charge < -0.3 is 5.32 Å². The average Bonchev–Trinajstić information content (AvgIpc) is 2.46. The number of nitrogens with zero attached hydrogens (tertiary/aromatic N) is 1. The van der Waals surface area contributed by atoms with Gasteiger partial charge in [0.05, 0.1) is 0 Å². The van der Waals surface area contributed by atoms with Crippen LogP contribution in [0.25, 0.3) is 0 Å². The molecule has 1 aliphatic rings. The van der Waals surface area contributed by atoms with E-state index in [9.17, 15) is 0 Å². The third-order valence-corrected chi connectivity index (χ3v) is 4.05. The van der Waals surface area contributed by atoms with Gasteiger partial charge in [-0.3, -0.25) is 4.90 Å². The Morgan fingerprint density at radius 1 is 1.11 bits per heavy atom. The Morgan fingerprint density at radius 3 is 2.53 bits per heavy atom. The SMILES string of the molecule is CCCCCNC1CCN(Cc2ccccc2)CC1. The third kappa shape index (κ3) is 5.33. The lowest BCUT2D eigenvalue weighted by atomic mass is 10.0. The summed E-state index contributed by atoms with van der Waals surface area (Å²) in [6.45, 7) is 7.06. The van der Waals surface area contributed by atoms with Crippen LogP contribution in [0.1, 0.15) is 44.6 Å². The van der Waals surface area contributed by atoms with E-state index in [0.29, 0.717) is 0 Å². The van der Waals surface area contributed by atoms with Crippen LogP contribution < -0.4 is 5.32 Å². The minimum absolute atomic E-state index is 0.754. The molecule has 2 rings (SSSR count). The molecule has 1 aliphatic heterocycles. The van der Waals surface area contributed by atoms with Crippen molar-refractivity contribution in [3.8, 4) is 0 Å². The van der Waals surface area contributed by atoms with Crippen LogP contribution in [-0.4, -0.2) is 30.6 Å². The third-order valence-electron chi connectivity index (χ3n) is 4.05. The number of nitrogens with one attached hydrogen (secondary N) is 1. The lowest BCUT2D eigenvalue weighted by Gasteiger charge is -2.32. The van der Waals surface area contributed by atoms with Gasteiger partial charge in [0.25, 0.3) is 0 Å². The normalized spacial score (nSPS) is 17.7. The molecule has 0 bridgehead atoms. The van der Waals surface area contributed by atoms with Crippen LogP contribution >= 0.6 is 0 Å². The maximum atomic E-state index is 3.71. The molecule has 1 fully saturated rings. The van der Waals surface area contributed by atoms with Crippen molar-refractivity contribution in [2.45, 2.75) is 51.6 Å². The Kier molecular flexibility index (Phi) is 6.38. The van der Waals surface area contributed by atoms with Crippen molar-refractivity contribution in [3.05, 3.63) is 35.9 Å². The van der Waals surface area contributed by atoms with Gasteiger partial charge in [0.15, 0.2) is 0 Å². The first-order valence-corrected chi connectivity index (χ1v) is 7.88. The standard InChI is InChI=1S/C17H28N2/c1-2-3-7-12-18-17-10-13-19(14-11-17)15-16-8-5-4-6-9-16/h4-6,8-9,17-18H,2-3,7,10-15H2,1H3. The Labute approximate surface area is 118 Å². The minimum atomic E-state index is 0.754. The summed E-state index contributed by atoms with van der Waals surface area (Å²) < 4.78 is 0. The molecule has 2 nitrogen and oxygen atoms in total. The number of unbranched alkanes of at least 4 members (excludes halogenated alkanes) is 2. The molecule has 1 N–H and O–H groups in total. The van der Waals surface area contributed by atoms with E-state index < -0.39 is 0 Å². The highest BCUT2D eigenvalue weighted by atomic mass is 15.1. The van der Waals surface area contributed by atoms with Crippen molar-refractivity contribution in [2.75, 3.05) is 19.6 Å². The van der Waals surface area contributed by atoms with Gasteiger partial charge in [0.2, 0.25) is 0 Å². The zero-order chi connectivity index (χ0) is 13.3. The monoisotopic (exact) mass is 260 g/mol. The summed E-state index contributed by atoms with van der Waals surface area (Å²) in [4.78, 5) is 2.58. The number of piperidine rings is 1. The first-order valence-electron chi connectivity index (χ1n) is 7.88. The molecule has 19 heavy (non-hydrogen) atoms. The largest absolute Gasteiger partial charge is 0.314 e. The van der Waals surface area contributed by atoms with E-state index in [-0.39, 0.29) is 0 Å². The first-order chi connectivity index (χ1) is 9.38. The van der Waals surface area contributed by atoms with Gasteiger partial charge in [-0.1, -0.05) is 50.1 Å². The highest BCUT2D eigenvalue weighted by Gasteiger charge is 2.18. The molecule has 0 amide bonds. The van der Waals surface area contributed by atoms with Gasteiger partial charge in [0, 0.05) is 12.6 Å². The van der Waals surface area contributed by atoms with Crippen LogP contribution in [0.5, 0.6) is 0 Å². The van der Waals surface area contributed by atoms with E-state index in [2.05, 4.69) is 47.5 Å². The number of hydrogen-bond donors (Lipinski definition) is 1. The second kappa shape index (κ2) is 8.34. The Bertz CT molecular complexity index is 328. The van der Waals surface area contributed by atoms with E-state index in [1.165, 1.54) is 57.3 Å². The van der Waals surface area contributed by atoms with Gasteiger partial charge in [0.1, 0.15) is 0 Å². The summed E-state index contributed by atoms with van der Waals surface area (Å²) in [5.74, 6) is 0. The molecule has 0 spiro atoms. The van der Waals surface area contributed by atoms with E-state index in [1.54, 1.807) is 0 Å².